The Morgan fingerprint density at radius 1 is 1.50 bits per heavy atom. The molecule has 0 spiro atoms. The Hall–Kier alpha value is -0.830. The molecule has 0 atom stereocenters. The highest BCUT2D eigenvalue weighted by Gasteiger charge is 1.90. The number of rotatable bonds is 3. The van der Waals surface area contributed by atoms with Gasteiger partial charge in [-0.05, 0) is 25.5 Å². The lowest BCUT2D eigenvalue weighted by molar-refractivity contribution is 0.584. The first-order valence-electron chi connectivity index (χ1n) is 4.52. The largest absolute Gasteiger partial charge is 0.330 e. The van der Waals surface area contributed by atoms with Gasteiger partial charge < -0.3 is 5.73 Å². The maximum atomic E-state index is 5.34. The van der Waals surface area contributed by atoms with E-state index in [0.717, 1.165) is 19.5 Å². The maximum absolute atomic E-state index is 5.34. The van der Waals surface area contributed by atoms with E-state index in [1.54, 1.807) is 0 Å². The van der Waals surface area contributed by atoms with E-state index in [2.05, 4.69) is 5.10 Å². The summed E-state index contributed by atoms with van der Waals surface area (Å²) < 4.78 is 1.92. The summed E-state index contributed by atoms with van der Waals surface area (Å²) in [5, 5.41) is 4.11. The van der Waals surface area contributed by atoms with E-state index in [-0.39, 0.29) is 0 Å². The fourth-order valence-electron chi connectivity index (χ4n) is 0.843. The highest BCUT2D eigenvalue weighted by molar-refractivity contribution is 4.99. The Balaban J connectivity index is 0.000000561. The molecule has 12 heavy (non-hydrogen) atoms. The molecule has 0 saturated carbocycles. The standard InChI is InChI=1S/C7H13N3.C2H6/c1-7-5-9-10(6-7)4-2-3-8;1-2/h5-6H,2-4,8H2,1H3;1-2H3. The second-order valence-electron chi connectivity index (χ2n) is 2.42. The number of nitrogens with two attached hydrogens (primary N) is 1. The normalized spacial score (nSPS) is 9.00. The van der Waals surface area contributed by atoms with Gasteiger partial charge in [0.15, 0.2) is 0 Å². The Morgan fingerprint density at radius 3 is 2.58 bits per heavy atom. The minimum Gasteiger partial charge on any atom is -0.330 e. The van der Waals surface area contributed by atoms with Crippen LogP contribution in [0.1, 0.15) is 25.8 Å². The van der Waals surface area contributed by atoms with Crippen LogP contribution in [0, 0.1) is 6.92 Å². The van der Waals surface area contributed by atoms with Gasteiger partial charge in [-0.3, -0.25) is 4.68 Å². The molecule has 1 rings (SSSR count). The van der Waals surface area contributed by atoms with Gasteiger partial charge in [-0.15, -0.1) is 0 Å². The number of aromatic nitrogens is 2. The molecule has 70 valence electrons. The molecule has 0 amide bonds. The number of nitrogens with zero attached hydrogens (tertiary/aromatic N) is 2. The van der Waals surface area contributed by atoms with Crippen LogP contribution in [0.2, 0.25) is 0 Å². The summed E-state index contributed by atoms with van der Waals surface area (Å²) in [5.41, 5.74) is 6.55. The van der Waals surface area contributed by atoms with Crippen LogP contribution in [0.15, 0.2) is 12.4 Å². The third-order valence-corrected chi connectivity index (χ3v) is 1.35. The summed E-state index contributed by atoms with van der Waals surface area (Å²) in [6.07, 6.45) is 4.88. The summed E-state index contributed by atoms with van der Waals surface area (Å²) in [6, 6.07) is 0. The SMILES string of the molecule is CC.Cc1cnn(CCCN)c1. The maximum Gasteiger partial charge on any atom is 0.0518 e. The van der Waals surface area contributed by atoms with Gasteiger partial charge in [0.05, 0.1) is 6.20 Å². The fraction of sp³-hybridized carbons (Fsp3) is 0.667. The number of hydrogen-bond acceptors (Lipinski definition) is 2. The van der Waals surface area contributed by atoms with E-state index < -0.39 is 0 Å². The zero-order chi connectivity index (χ0) is 9.40. The molecule has 1 heterocycles. The fourth-order valence-corrected chi connectivity index (χ4v) is 0.843. The zero-order valence-electron chi connectivity index (χ0n) is 8.25. The quantitative estimate of drug-likeness (QED) is 0.746. The van der Waals surface area contributed by atoms with Crippen molar-refractivity contribution in [3.8, 4) is 0 Å². The Labute approximate surface area is 74.6 Å². The molecule has 0 bridgehead atoms. The van der Waals surface area contributed by atoms with Gasteiger partial charge in [0.2, 0.25) is 0 Å². The van der Waals surface area contributed by atoms with Crippen molar-refractivity contribution >= 4 is 0 Å². The third kappa shape index (κ3) is 4.13. The predicted molar refractivity (Wildman–Crippen MR) is 52.0 cm³/mol. The lowest BCUT2D eigenvalue weighted by Crippen LogP contribution is -2.05. The minimum absolute atomic E-state index is 0.735. The summed E-state index contributed by atoms with van der Waals surface area (Å²) in [7, 11) is 0. The lowest BCUT2D eigenvalue weighted by Gasteiger charge is -1.96. The van der Waals surface area contributed by atoms with Crippen molar-refractivity contribution in [2.24, 2.45) is 5.73 Å². The Kier molecular flexibility index (Phi) is 6.38. The van der Waals surface area contributed by atoms with Crippen molar-refractivity contribution in [3.63, 3.8) is 0 Å². The lowest BCUT2D eigenvalue weighted by atomic mass is 10.4. The molecule has 0 unspecified atom stereocenters. The molecular weight excluding hydrogens is 150 g/mol. The van der Waals surface area contributed by atoms with Crippen LogP contribution in [0.5, 0.6) is 0 Å². The molecule has 0 aliphatic rings. The van der Waals surface area contributed by atoms with Crippen LogP contribution < -0.4 is 5.73 Å². The highest BCUT2D eigenvalue weighted by atomic mass is 15.3. The first-order valence-corrected chi connectivity index (χ1v) is 4.52. The van der Waals surface area contributed by atoms with Crippen molar-refractivity contribution in [1.82, 2.24) is 9.78 Å². The van der Waals surface area contributed by atoms with E-state index >= 15 is 0 Å². The topological polar surface area (TPSA) is 43.8 Å². The molecule has 1 aromatic heterocycles. The predicted octanol–water partition coefficient (Wildman–Crippen LogP) is 1.57. The average Bonchev–Trinajstić information content (AvgIpc) is 2.51. The van der Waals surface area contributed by atoms with Crippen molar-refractivity contribution in [3.05, 3.63) is 18.0 Å². The summed E-state index contributed by atoms with van der Waals surface area (Å²) >= 11 is 0. The van der Waals surface area contributed by atoms with Gasteiger partial charge in [-0.2, -0.15) is 5.10 Å². The van der Waals surface area contributed by atoms with Crippen molar-refractivity contribution in [1.29, 1.82) is 0 Å². The van der Waals surface area contributed by atoms with Gasteiger partial charge >= 0.3 is 0 Å². The highest BCUT2D eigenvalue weighted by Crippen LogP contribution is 1.94. The molecule has 0 saturated heterocycles. The number of aryl methyl sites for hydroxylation is 2. The van der Waals surface area contributed by atoms with Crippen LogP contribution in [-0.4, -0.2) is 16.3 Å². The molecule has 3 nitrogen and oxygen atoms in total. The molecule has 0 aliphatic carbocycles. The van der Waals surface area contributed by atoms with Crippen molar-refractivity contribution in [2.75, 3.05) is 6.54 Å². The molecule has 0 aromatic carbocycles. The van der Waals surface area contributed by atoms with E-state index in [4.69, 9.17) is 5.73 Å². The van der Waals surface area contributed by atoms with Crippen LogP contribution >= 0.6 is 0 Å². The van der Waals surface area contributed by atoms with Crippen molar-refractivity contribution in [2.45, 2.75) is 33.7 Å². The molecule has 1 aromatic rings. The summed E-state index contributed by atoms with van der Waals surface area (Å²) in [4.78, 5) is 0. The summed E-state index contributed by atoms with van der Waals surface area (Å²) in [5.74, 6) is 0. The molecule has 3 heteroatoms. The molecule has 0 radical (unpaired) electrons. The summed E-state index contributed by atoms with van der Waals surface area (Å²) in [6.45, 7) is 7.70. The second kappa shape index (κ2) is 6.85. The van der Waals surface area contributed by atoms with Crippen LogP contribution in [-0.2, 0) is 6.54 Å². The molecular formula is C9H19N3. The first kappa shape index (κ1) is 11.2. The van der Waals surface area contributed by atoms with Crippen LogP contribution in [0.3, 0.4) is 0 Å². The van der Waals surface area contributed by atoms with E-state index in [9.17, 15) is 0 Å². The van der Waals surface area contributed by atoms with Gasteiger partial charge in [-0.1, -0.05) is 13.8 Å². The monoisotopic (exact) mass is 169 g/mol. The van der Waals surface area contributed by atoms with Gasteiger partial charge in [0.1, 0.15) is 0 Å². The van der Waals surface area contributed by atoms with Crippen LogP contribution in [0.4, 0.5) is 0 Å². The molecule has 0 aliphatic heterocycles. The number of hydrogen-bond donors (Lipinski definition) is 1. The Bertz CT molecular complexity index is 193. The van der Waals surface area contributed by atoms with Gasteiger partial charge in [-0.25, -0.2) is 0 Å². The molecule has 0 fully saturated rings. The van der Waals surface area contributed by atoms with Gasteiger partial charge in [0.25, 0.3) is 0 Å². The van der Waals surface area contributed by atoms with E-state index in [0.29, 0.717) is 0 Å². The smallest absolute Gasteiger partial charge is 0.0518 e. The van der Waals surface area contributed by atoms with Gasteiger partial charge in [0, 0.05) is 12.7 Å². The van der Waals surface area contributed by atoms with Crippen LogP contribution in [0.25, 0.3) is 0 Å². The first-order chi connectivity index (χ1) is 5.83. The van der Waals surface area contributed by atoms with Crippen molar-refractivity contribution < 1.29 is 0 Å². The molecule has 2 N–H and O–H groups in total. The van der Waals surface area contributed by atoms with E-state index in [1.807, 2.05) is 37.8 Å². The van der Waals surface area contributed by atoms with E-state index in [1.165, 1.54) is 5.56 Å². The second-order valence-corrected chi connectivity index (χ2v) is 2.42. The third-order valence-electron chi connectivity index (χ3n) is 1.35. The Morgan fingerprint density at radius 2 is 2.17 bits per heavy atom. The minimum atomic E-state index is 0.735. The average molecular weight is 169 g/mol. The zero-order valence-corrected chi connectivity index (χ0v) is 8.25.